The molecule has 1 fully saturated rings. The van der Waals surface area contributed by atoms with Gasteiger partial charge < -0.3 is 15.0 Å². The van der Waals surface area contributed by atoms with Crippen LogP contribution >= 0.6 is 0 Å². The molecule has 1 amide bonds. The van der Waals surface area contributed by atoms with E-state index < -0.39 is 5.97 Å². The third-order valence-electron chi connectivity index (χ3n) is 4.51. The van der Waals surface area contributed by atoms with Crippen molar-refractivity contribution >= 4 is 23.5 Å². The van der Waals surface area contributed by atoms with Gasteiger partial charge in [-0.15, -0.1) is 0 Å². The summed E-state index contributed by atoms with van der Waals surface area (Å²) in [5.41, 5.74) is 1.24. The van der Waals surface area contributed by atoms with Crippen LogP contribution in [0.3, 0.4) is 0 Å². The molecule has 1 aliphatic heterocycles. The molecule has 1 aliphatic rings. The van der Waals surface area contributed by atoms with E-state index in [1.165, 1.54) is 19.5 Å². The second kappa shape index (κ2) is 7.95. The largest absolute Gasteiger partial charge is 0.465 e. The molecule has 2 aromatic rings. The van der Waals surface area contributed by atoms with Crippen LogP contribution in [0.5, 0.6) is 0 Å². The van der Waals surface area contributed by atoms with Crippen LogP contribution in [0.4, 0.5) is 11.6 Å². The van der Waals surface area contributed by atoms with Crippen molar-refractivity contribution < 1.29 is 14.3 Å². The Balaban J connectivity index is 1.66. The van der Waals surface area contributed by atoms with E-state index in [-0.39, 0.29) is 5.91 Å². The van der Waals surface area contributed by atoms with Crippen molar-refractivity contribution in [2.45, 2.75) is 19.8 Å². The zero-order valence-corrected chi connectivity index (χ0v) is 14.9. The van der Waals surface area contributed by atoms with Crippen LogP contribution in [-0.2, 0) is 4.74 Å². The Kier molecular flexibility index (Phi) is 5.46. The monoisotopic (exact) mass is 354 g/mol. The van der Waals surface area contributed by atoms with Crippen molar-refractivity contribution in [2.75, 3.05) is 30.4 Å². The highest BCUT2D eigenvalue weighted by atomic mass is 16.5. The normalized spacial score (nSPS) is 14.8. The number of ether oxygens (including phenoxy) is 1. The molecular formula is C19H22N4O3. The fraction of sp³-hybridized carbons (Fsp3) is 0.368. The number of rotatable bonds is 4. The van der Waals surface area contributed by atoms with Crippen molar-refractivity contribution in [1.29, 1.82) is 0 Å². The quantitative estimate of drug-likeness (QED) is 0.850. The molecule has 0 radical (unpaired) electrons. The number of nitrogens with one attached hydrogen (secondary N) is 1. The predicted octanol–water partition coefficient (Wildman–Crippen LogP) is 2.75. The van der Waals surface area contributed by atoms with E-state index in [1.807, 2.05) is 0 Å². The van der Waals surface area contributed by atoms with Gasteiger partial charge in [0.15, 0.2) is 0 Å². The molecule has 0 spiro atoms. The van der Waals surface area contributed by atoms with Crippen LogP contribution in [0.25, 0.3) is 0 Å². The first kappa shape index (κ1) is 17.8. The summed E-state index contributed by atoms with van der Waals surface area (Å²) >= 11 is 0. The molecule has 7 nitrogen and oxygen atoms in total. The molecule has 3 rings (SSSR count). The van der Waals surface area contributed by atoms with E-state index >= 15 is 0 Å². The fourth-order valence-electron chi connectivity index (χ4n) is 2.86. The van der Waals surface area contributed by atoms with Crippen molar-refractivity contribution in [3.05, 3.63) is 47.8 Å². The third-order valence-corrected chi connectivity index (χ3v) is 4.51. The highest BCUT2D eigenvalue weighted by Gasteiger charge is 2.18. The Morgan fingerprint density at radius 3 is 2.50 bits per heavy atom. The van der Waals surface area contributed by atoms with Crippen molar-refractivity contribution in [3.63, 3.8) is 0 Å². The van der Waals surface area contributed by atoms with Gasteiger partial charge >= 0.3 is 5.97 Å². The number of hydrogen-bond donors (Lipinski definition) is 1. The minimum absolute atomic E-state index is 0.328. The van der Waals surface area contributed by atoms with Crippen LogP contribution in [0, 0.1) is 5.92 Å². The minimum Gasteiger partial charge on any atom is -0.465 e. The highest BCUT2D eigenvalue weighted by molar-refractivity contribution is 6.04. The van der Waals surface area contributed by atoms with Gasteiger partial charge in [0.25, 0.3) is 5.91 Å². The summed E-state index contributed by atoms with van der Waals surface area (Å²) in [4.78, 5) is 34.7. The molecule has 2 heterocycles. The number of aromatic nitrogens is 2. The van der Waals surface area contributed by atoms with Crippen LogP contribution in [0.2, 0.25) is 0 Å². The van der Waals surface area contributed by atoms with Crippen LogP contribution < -0.4 is 10.2 Å². The summed E-state index contributed by atoms with van der Waals surface area (Å²) in [7, 11) is 1.31. The van der Waals surface area contributed by atoms with Gasteiger partial charge in [0.2, 0.25) is 5.95 Å². The Bertz CT molecular complexity index is 784. The van der Waals surface area contributed by atoms with Crippen molar-refractivity contribution in [3.8, 4) is 0 Å². The lowest BCUT2D eigenvalue weighted by Gasteiger charge is -2.30. The Morgan fingerprint density at radius 1 is 1.15 bits per heavy atom. The van der Waals surface area contributed by atoms with Gasteiger partial charge in [-0.1, -0.05) is 13.0 Å². The Hall–Kier alpha value is -2.96. The predicted molar refractivity (Wildman–Crippen MR) is 98.4 cm³/mol. The average molecular weight is 354 g/mol. The van der Waals surface area contributed by atoms with Gasteiger partial charge in [-0.05, 0) is 37.0 Å². The third kappa shape index (κ3) is 4.17. The number of hydrogen-bond acceptors (Lipinski definition) is 6. The maximum absolute atomic E-state index is 12.4. The van der Waals surface area contributed by atoms with E-state index in [2.05, 4.69) is 31.8 Å². The summed E-state index contributed by atoms with van der Waals surface area (Å²) in [6.45, 7) is 4.13. The number of anilines is 2. The molecule has 1 saturated heterocycles. The molecule has 0 unspecified atom stereocenters. The minimum atomic E-state index is -0.454. The maximum atomic E-state index is 12.4. The van der Waals surface area contributed by atoms with E-state index in [1.54, 1.807) is 24.3 Å². The number of carbonyl (C=O) groups excluding carboxylic acids is 2. The van der Waals surface area contributed by atoms with Crippen LogP contribution in [0.1, 0.15) is 40.5 Å². The lowest BCUT2D eigenvalue weighted by molar-refractivity contribution is 0.0600. The average Bonchev–Trinajstić information content (AvgIpc) is 2.68. The van der Waals surface area contributed by atoms with Crippen LogP contribution in [0.15, 0.2) is 36.7 Å². The van der Waals surface area contributed by atoms with Gasteiger partial charge in [0.05, 0.1) is 18.2 Å². The highest BCUT2D eigenvalue weighted by Crippen LogP contribution is 2.20. The molecule has 1 aromatic carbocycles. The number of benzene rings is 1. The zero-order chi connectivity index (χ0) is 18.5. The number of piperidine rings is 1. The molecule has 26 heavy (non-hydrogen) atoms. The first-order chi connectivity index (χ1) is 12.6. The van der Waals surface area contributed by atoms with E-state index in [0.717, 1.165) is 31.8 Å². The van der Waals surface area contributed by atoms with E-state index in [9.17, 15) is 9.59 Å². The lowest BCUT2D eigenvalue weighted by atomic mass is 10.00. The van der Waals surface area contributed by atoms with Crippen LogP contribution in [-0.4, -0.2) is 42.0 Å². The molecule has 1 aromatic heterocycles. The summed E-state index contributed by atoms with van der Waals surface area (Å²) in [6.07, 6.45) is 5.31. The molecule has 0 bridgehead atoms. The summed E-state index contributed by atoms with van der Waals surface area (Å²) in [5.74, 6) is 0.605. The van der Waals surface area contributed by atoms with Crippen molar-refractivity contribution in [2.24, 2.45) is 5.92 Å². The second-order valence-electron chi connectivity index (χ2n) is 6.47. The summed E-state index contributed by atoms with van der Waals surface area (Å²) in [5, 5.41) is 2.74. The second-order valence-corrected chi connectivity index (χ2v) is 6.47. The number of nitrogens with zero attached hydrogens (tertiary/aromatic N) is 3. The van der Waals surface area contributed by atoms with E-state index in [4.69, 9.17) is 0 Å². The zero-order valence-electron chi connectivity index (χ0n) is 14.9. The lowest BCUT2D eigenvalue weighted by Crippen LogP contribution is -2.34. The molecule has 1 N–H and O–H groups in total. The number of methoxy groups -OCH3 is 1. The fourth-order valence-corrected chi connectivity index (χ4v) is 2.86. The smallest absolute Gasteiger partial charge is 0.337 e. The molecular weight excluding hydrogens is 332 g/mol. The van der Waals surface area contributed by atoms with Gasteiger partial charge in [0.1, 0.15) is 0 Å². The number of amides is 1. The van der Waals surface area contributed by atoms with Gasteiger partial charge in [-0.2, -0.15) is 0 Å². The molecule has 0 saturated carbocycles. The summed E-state index contributed by atoms with van der Waals surface area (Å²) < 4.78 is 4.68. The maximum Gasteiger partial charge on any atom is 0.337 e. The molecule has 0 aliphatic carbocycles. The topological polar surface area (TPSA) is 84.4 Å². The molecule has 7 heteroatoms. The van der Waals surface area contributed by atoms with Gasteiger partial charge in [-0.3, -0.25) is 4.79 Å². The molecule has 136 valence electrons. The summed E-state index contributed by atoms with van der Waals surface area (Å²) in [6, 6.07) is 6.57. The Labute approximate surface area is 152 Å². The number of esters is 1. The number of carbonyl (C=O) groups is 2. The van der Waals surface area contributed by atoms with Crippen molar-refractivity contribution in [1.82, 2.24) is 9.97 Å². The SMILES string of the molecule is COC(=O)c1cccc(NC(=O)c2cnc(N3CCC(C)CC3)nc2)c1. The Morgan fingerprint density at radius 2 is 1.85 bits per heavy atom. The van der Waals surface area contributed by atoms with E-state index in [0.29, 0.717) is 22.8 Å². The van der Waals surface area contributed by atoms with Gasteiger partial charge in [0, 0.05) is 31.2 Å². The first-order valence-corrected chi connectivity index (χ1v) is 8.63. The van der Waals surface area contributed by atoms with Gasteiger partial charge in [-0.25, -0.2) is 14.8 Å². The molecule has 0 atom stereocenters. The first-order valence-electron chi connectivity index (χ1n) is 8.63. The standard InChI is InChI=1S/C19H22N4O3/c1-13-6-8-23(9-7-13)19-20-11-15(12-21-19)17(24)22-16-5-3-4-14(10-16)18(25)26-2/h3-5,10-13H,6-9H2,1-2H3,(H,22,24).